The van der Waals surface area contributed by atoms with E-state index in [1.54, 1.807) is 43.3 Å². The third kappa shape index (κ3) is 12.0. The fraction of sp³-hybridized carbons (Fsp3) is 0.360. The van der Waals surface area contributed by atoms with E-state index in [2.05, 4.69) is 46.9 Å². The van der Waals surface area contributed by atoms with Crippen molar-refractivity contribution in [1.82, 2.24) is 0 Å². The van der Waals surface area contributed by atoms with Gasteiger partial charge in [0.05, 0.1) is 13.1 Å². The van der Waals surface area contributed by atoms with E-state index >= 15 is 0 Å². The summed E-state index contributed by atoms with van der Waals surface area (Å²) in [4.78, 5) is 28.5. The van der Waals surface area contributed by atoms with E-state index in [0.29, 0.717) is 22.7 Å². The predicted molar refractivity (Wildman–Crippen MR) is 154 cm³/mol. The van der Waals surface area contributed by atoms with Crippen molar-refractivity contribution >= 4 is 77.4 Å². The Morgan fingerprint density at radius 3 is 1.75 bits per heavy atom. The maximum absolute atomic E-state index is 11.7. The lowest BCUT2D eigenvalue weighted by Gasteiger charge is -2.19. The molecule has 0 aromatic heterocycles. The molecule has 0 fully saturated rings. The number of anilines is 2. The number of halogens is 3. The summed E-state index contributed by atoms with van der Waals surface area (Å²) >= 11 is 10.9. The summed E-state index contributed by atoms with van der Waals surface area (Å²) in [5.74, 6) is -0.482. The van der Waals surface area contributed by atoms with Crippen molar-refractivity contribution in [1.29, 1.82) is 0 Å². The summed E-state index contributed by atoms with van der Waals surface area (Å²) in [5.41, 5.74) is 6.85. The van der Waals surface area contributed by atoms with Gasteiger partial charge in [-0.2, -0.15) is 0 Å². The van der Waals surface area contributed by atoms with Crippen LogP contribution in [0.5, 0.6) is 0 Å². The van der Waals surface area contributed by atoms with Crippen LogP contribution in [0.15, 0.2) is 36.4 Å². The largest absolute Gasteiger partial charge is 0.399 e. The first kappa shape index (κ1) is 35.7. The number of nitrogens with zero attached hydrogens (tertiary/aromatic N) is 2. The maximum Gasteiger partial charge on any atom is 0.256 e. The van der Waals surface area contributed by atoms with Crippen LogP contribution in [-0.4, -0.2) is 43.2 Å². The van der Waals surface area contributed by atoms with Gasteiger partial charge in [0.15, 0.2) is 11.4 Å². The van der Waals surface area contributed by atoms with E-state index in [1.165, 1.54) is 13.8 Å². The van der Waals surface area contributed by atoms with Crippen LogP contribution in [0, 0.1) is 27.0 Å². The second-order valence-electron chi connectivity index (χ2n) is 7.81. The van der Waals surface area contributed by atoms with Crippen LogP contribution in [0.4, 0.5) is 22.7 Å². The lowest BCUT2D eigenvalue weighted by Crippen LogP contribution is -2.41. The monoisotopic (exact) mass is 644 g/mol. The Hall–Kier alpha value is -2.47. The van der Waals surface area contributed by atoms with Gasteiger partial charge in [0.2, 0.25) is 0 Å². The number of nitrogen functional groups attached to an aromatic ring is 1. The minimum absolute atomic E-state index is 0. The Morgan fingerprint density at radius 1 is 0.972 bits per heavy atom. The molecule has 0 aliphatic heterocycles. The first-order valence-corrected chi connectivity index (χ1v) is 12.6. The number of hydrogen-bond acceptors (Lipinski definition) is 5. The van der Waals surface area contributed by atoms with E-state index in [1.807, 2.05) is 6.92 Å². The third-order valence-electron chi connectivity index (χ3n) is 4.35. The Kier molecular flexibility index (Phi) is 16.2. The van der Waals surface area contributed by atoms with Gasteiger partial charge in [-0.3, -0.25) is 9.59 Å². The van der Waals surface area contributed by atoms with E-state index < -0.39 is 22.4 Å². The number of carbonyl (C=O) groups excluding carboxylic acids is 2. The zero-order valence-electron chi connectivity index (χ0n) is 19.7. The topological polar surface area (TPSA) is 121 Å². The first-order valence-electron chi connectivity index (χ1n) is 9.95. The number of amides is 1. The number of benzene rings is 2. The van der Waals surface area contributed by atoms with Crippen molar-refractivity contribution in [3.8, 4) is 0 Å². The van der Waals surface area contributed by atoms with Gasteiger partial charge in [-0.25, -0.2) is 9.69 Å². The molecule has 5 N–H and O–H groups in total. The highest BCUT2D eigenvalue weighted by Crippen LogP contribution is 2.23. The molecule has 0 saturated heterocycles. The molecule has 0 bridgehead atoms. The molecule has 0 heterocycles. The maximum atomic E-state index is 11.7. The van der Waals surface area contributed by atoms with Gasteiger partial charge in [-0.05, 0) is 74.7 Å². The van der Waals surface area contributed by atoms with Gasteiger partial charge in [-0.15, -0.1) is 0 Å². The van der Waals surface area contributed by atoms with E-state index in [9.17, 15) is 14.7 Å². The first-order chi connectivity index (χ1) is 16.1. The minimum atomic E-state index is -1.45. The fourth-order valence-electron chi connectivity index (χ4n) is 2.04. The molecule has 196 valence electrons. The lowest BCUT2D eigenvalue weighted by molar-refractivity contribution is -0.130. The summed E-state index contributed by atoms with van der Waals surface area (Å²) in [6.07, 6.45) is 0. The third-order valence-corrected chi connectivity index (χ3v) is 6.94. The van der Waals surface area contributed by atoms with Crippen LogP contribution in [0.1, 0.15) is 32.4 Å². The molecule has 1 amide bonds. The van der Waals surface area contributed by atoms with Gasteiger partial charge < -0.3 is 21.3 Å². The minimum Gasteiger partial charge on any atom is -0.399 e. The van der Waals surface area contributed by atoms with Crippen LogP contribution >= 0.6 is 43.5 Å². The molecule has 0 spiro atoms. The summed E-state index contributed by atoms with van der Waals surface area (Å²) < 4.78 is 0. The van der Waals surface area contributed by atoms with Crippen LogP contribution in [-0.2, 0) is 9.59 Å². The van der Waals surface area contributed by atoms with Gasteiger partial charge in [0.1, 0.15) is 11.2 Å². The molecular weight excluding hydrogens is 616 g/mol. The summed E-state index contributed by atoms with van der Waals surface area (Å²) in [6, 6.07) is 10.3. The van der Waals surface area contributed by atoms with Gasteiger partial charge in [0, 0.05) is 22.0 Å². The molecule has 0 unspecified atom stereocenters. The number of aliphatic hydroxyl groups is 2. The standard InChI is InChI=1S/C12H13BrN2O2.C8H8N2.C4H6BrClO2.CH4/c1-8-6-9(4-5-10(8)14-3)15-11(16)12(2,17)7-13;1-6-5-7(9)3-4-8(6)10-2;1-4(8,2-5)3(6)7;/h4-6,17H,7H2,1-2H3,(H,15,16);3-5H,9H2,1H3;8H,2H2,1H3;1H4/t12-;;4-;/m0.0./s1. The second-order valence-corrected chi connectivity index (χ2v) is 9.28. The molecule has 2 rings (SSSR count). The molecule has 0 saturated carbocycles. The molecule has 0 aliphatic carbocycles. The number of hydrogen-bond donors (Lipinski definition) is 4. The van der Waals surface area contributed by atoms with E-state index in [-0.39, 0.29) is 18.1 Å². The Bertz CT molecular complexity index is 1130. The van der Waals surface area contributed by atoms with Crippen LogP contribution < -0.4 is 11.1 Å². The highest BCUT2D eigenvalue weighted by Gasteiger charge is 2.29. The number of aryl methyl sites for hydroxylation is 2. The van der Waals surface area contributed by atoms with Crippen molar-refractivity contribution in [3.63, 3.8) is 0 Å². The summed E-state index contributed by atoms with van der Waals surface area (Å²) in [6.45, 7) is 20.1. The normalized spacial score (nSPS) is 12.8. The number of carbonyl (C=O) groups is 2. The SMILES string of the molecule is C.C[C@](O)(CBr)C(=O)Cl.[C-]#[N+]c1ccc(N)cc1C.[C-]#[N+]c1ccc(NC(=O)[C@@](C)(O)CBr)cc1C. The molecule has 36 heavy (non-hydrogen) atoms. The van der Waals surface area contributed by atoms with Crippen molar-refractivity contribution < 1.29 is 19.8 Å². The second kappa shape index (κ2) is 16.3. The molecule has 8 nitrogen and oxygen atoms in total. The van der Waals surface area contributed by atoms with Crippen LogP contribution in [0.3, 0.4) is 0 Å². The summed E-state index contributed by atoms with van der Waals surface area (Å²) in [7, 11) is 0. The van der Waals surface area contributed by atoms with Crippen LogP contribution in [0.2, 0.25) is 0 Å². The average Bonchev–Trinajstić information content (AvgIpc) is 2.80. The quantitative estimate of drug-likeness (QED) is 0.132. The highest BCUT2D eigenvalue weighted by atomic mass is 79.9. The Morgan fingerprint density at radius 2 is 1.42 bits per heavy atom. The Balaban J connectivity index is 0. The molecular formula is C25H31Br2ClN4O4. The lowest BCUT2D eigenvalue weighted by atomic mass is 10.1. The zero-order chi connectivity index (χ0) is 27.4. The number of alkyl halides is 2. The molecule has 2 aromatic carbocycles. The predicted octanol–water partition coefficient (Wildman–Crippen LogP) is 6.29. The van der Waals surface area contributed by atoms with E-state index in [4.69, 9.17) is 35.6 Å². The number of nitrogens with one attached hydrogen (secondary N) is 1. The number of rotatable bonds is 5. The molecule has 2 atom stereocenters. The van der Waals surface area contributed by atoms with E-state index in [0.717, 1.165) is 11.1 Å². The van der Waals surface area contributed by atoms with Gasteiger partial charge in [-0.1, -0.05) is 51.4 Å². The zero-order valence-corrected chi connectivity index (χ0v) is 23.6. The molecule has 0 aliphatic rings. The number of nitrogens with two attached hydrogens (primary N) is 1. The van der Waals surface area contributed by atoms with Crippen LogP contribution in [0.25, 0.3) is 9.69 Å². The molecule has 11 heteroatoms. The van der Waals surface area contributed by atoms with Crippen molar-refractivity contribution in [2.75, 3.05) is 21.7 Å². The summed E-state index contributed by atoms with van der Waals surface area (Å²) in [5, 5.41) is 20.8. The highest BCUT2D eigenvalue weighted by molar-refractivity contribution is 9.09. The van der Waals surface area contributed by atoms with Gasteiger partial charge >= 0.3 is 0 Å². The smallest absolute Gasteiger partial charge is 0.256 e. The average molecular weight is 647 g/mol. The van der Waals surface area contributed by atoms with Gasteiger partial charge in [0.25, 0.3) is 11.1 Å². The van der Waals surface area contributed by atoms with Crippen molar-refractivity contribution in [3.05, 3.63) is 70.4 Å². The van der Waals surface area contributed by atoms with Crippen molar-refractivity contribution in [2.45, 2.75) is 46.3 Å². The fourth-order valence-corrected chi connectivity index (χ4v) is 2.78. The molecule has 0 radical (unpaired) electrons. The molecule has 2 aromatic rings. The van der Waals surface area contributed by atoms with Crippen molar-refractivity contribution in [2.24, 2.45) is 0 Å². The Labute approximate surface area is 234 Å².